The molecule has 2 aliphatic heterocycles. The van der Waals surface area contributed by atoms with E-state index >= 15 is 0 Å². The van der Waals surface area contributed by atoms with Crippen LogP contribution in [0, 0.1) is 0 Å². The summed E-state index contributed by atoms with van der Waals surface area (Å²) >= 11 is 1.36. The molecule has 0 aromatic heterocycles. The van der Waals surface area contributed by atoms with Crippen molar-refractivity contribution in [2.45, 2.75) is 43.0 Å². The Bertz CT molecular complexity index is 1300. The molecule has 3 aromatic rings. The van der Waals surface area contributed by atoms with Gasteiger partial charge in [0.2, 0.25) is 11.8 Å². The van der Waals surface area contributed by atoms with E-state index in [9.17, 15) is 19.2 Å². The van der Waals surface area contributed by atoms with E-state index in [1.165, 1.54) is 23.6 Å². The number of hydrogen-bond donors (Lipinski definition) is 1. The quantitative estimate of drug-likeness (QED) is 0.343. The number of rotatable bonds is 8. The lowest BCUT2D eigenvalue weighted by Crippen LogP contribution is -2.77. The normalized spacial score (nSPS) is 21.9. The highest BCUT2D eigenvalue weighted by atomic mass is 32.2. The van der Waals surface area contributed by atoms with E-state index in [2.05, 4.69) is 5.32 Å². The number of nitrogens with zero attached hydrogens (tertiary/aromatic N) is 1. The number of nitrogens with one attached hydrogen (secondary N) is 1. The number of hydrogen-bond acceptors (Lipinski definition) is 7. The van der Waals surface area contributed by atoms with Crippen LogP contribution in [0.25, 0.3) is 0 Å². The second kappa shape index (κ2) is 11.7. The molecule has 0 radical (unpaired) electrons. The highest BCUT2D eigenvalue weighted by Crippen LogP contribution is 2.40. The van der Waals surface area contributed by atoms with Gasteiger partial charge in [0.1, 0.15) is 17.5 Å². The van der Waals surface area contributed by atoms with E-state index in [4.69, 9.17) is 9.47 Å². The van der Waals surface area contributed by atoms with Crippen molar-refractivity contribution in [1.29, 1.82) is 0 Å². The molecule has 2 amide bonds. The Hall–Kier alpha value is -4.11. The van der Waals surface area contributed by atoms with Crippen molar-refractivity contribution in [3.05, 3.63) is 108 Å². The number of esters is 2. The minimum atomic E-state index is -1.13. The molecular formula is C30H28N2O6S. The van der Waals surface area contributed by atoms with Gasteiger partial charge in [0, 0.05) is 12.7 Å². The van der Waals surface area contributed by atoms with Crippen molar-refractivity contribution in [3.8, 4) is 0 Å². The van der Waals surface area contributed by atoms with Crippen molar-refractivity contribution in [2.75, 3.05) is 5.75 Å². The lowest BCUT2D eigenvalue weighted by molar-refractivity contribution is -0.178. The van der Waals surface area contributed by atoms with Gasteiger partial charge >= 0.3 is 11.9 Å². The number of ether oxygens (including phenoxy) is 2. The summed E-state index contributed by atoms with van der Waals surface area (Å²) in [4.78, 5) is 53.0. The molecule has 3 aromatic carbocycles. The number of carbonyl (C=O) groups is 4. The first-order valence-electron chi connectivity index (χ1n) is 12.7. The van der Waals surface area contributed by atoms with Gasteiger partial charge in [-0.15, -0.1) is 11.8 Å². The topological polar surface area (TPSA) is 102 Å². The molecule has 0 aliphatic carbocycles. The Labute approximate surface area is 230 Å². The van der Waals surface area contributed by atoms with E-state index in [1.54, 1.807) is 0 Å². The van der Waals surface area contributed by atoms with Crippen molar-refractivity contribution in [1.82, 2.24) is 10.2 Å². The Morgan fingerprint density at radius 3 is 2.05 bits per heavy atom. The molecule has 0 bridgehead atoms. The van der Waals surface area contributed by atoms with Crippen LogP contribution in [-0.4, -0.2) is 58.0 Å². The molecular weight excluding hydrogens is 516 g/mol. The molecule has 4 atom stereocenters. The minimum Gasteiger partial charge on any atom is -0.459 e. The molecule has 2 saturated heterocycles. The summed E-state index contributed by atoms with van der Waals surface area (Å²) in [5.41, 5.74) is 2.37. The van der Waals surface area contributed by atoms with Crippen LogP contribution in [-0.2, 0) is 35.1 Å². The van der Waals surface area contributed by atoms with Crippen molar-refractivity contribution >= 4 is 35.5 Å². The Morgan fingerprint density at radius 2 is 1.49 bits per heavy atom. The van der Waals surface area contributed by atoms with E-state index in [0.717, 1.165) is 16.7 Å². The van der Waals surface area contributed by atoms with Crippen LogP contribution >= 0.6 is 11.8 Å². The summed E-state index contributed by atoms with van der Waals surface area (Å²) in [6, 6.07) is 26.0. The van der Waals surface area contributed by atoms with E-state index in [-0.39, 0.29) is 18.1 Å². The van der Waals surface area contributed by atoms with Gasteiger partial charge in [-0.25, -0.2) is 4.79 Å². The molecule has 2 aliphatic rings. The predicted octanol–water partition coefficient (Wildman–Crippen LogP) is 3.26. The molecule has 39 heavy (non-hydrogen) atoms. The number of fused-ring (bicyclic) bond motifs is 1. The second-order valence-corrected chi connectivity index (χ2v) is 10.6. The monoisotopic (exact) mass is 544 g/mol. The Kier molecular flexibility index (Phi) is 7.97. The highest BCUT2D eigenvalue weighted by Gasteiger charge is 2.59. The van der Waals surface area contributed by atoms with Crippen molar-refractivity contribution in [3.63, 3.8) is 0 Å². The lowest BCUT2D eigenvalue weighted by atomic mass is 9.98. The zero-order valence-electron chi connectivity index (χ0n) is 21.3. The van der Waals surface area contributed by atoms with Gasteiger partial charge in [0.25, 0.3) is 0 Å². The summed E-state index contributed by atoms with van der Waals surface area (Å²) in [5.74, 6) is -1.65. The molecule has 5 rings (SSSR count). The SMILES string of the molecule is CC(=O)OC1CS[C@H]2[C@H](NC(=O)Cc3ccccc3)C(=O)N2C1C(=O)OC(c1ccccc1)c1ccccc1. The average molecular weight is 545 g/mol. The smallest absolute Gasteiger partial charge is 0.333 e. The van der Waals surface area contributed by atoms with Crippen LogP contribution < -0.4 is 5.32 Å². The second-order valence-electron chi connectivity index (χ2n) is 9.41. The van der Waals surface area contributed by atoms with Gasteiger partial charge in [-0.3, -0.25) is 14.4 Å². The number of amides is 2. The number of benzene rings is 3. The molecule has 200 valence electrons. The van der Waals surface area contributed by atoms with Crippen LogP contribution in [0.2, 0.25) is 0 Å². The summed E-state index contributed by atoms with van der Waals surface area (Å²) in [6.45, 7) is 1.26. The third kappa shape index (κ3) is 5.83. The summed E-state index contributed by atoms with van der Waals surface area (Å²) < 4.78 is 11.5. The maximum Gasteiger partial charge on any atom is 0.333 e. The molecule has 2 fully saturated rings. The molecule has 0 spiro atoms. The number of β-lactam (4-membered cyclic amide) rings is 1. The summed E-state index contributed by atoms with van der Waals surface area (Å²) in [7, 11) is 0. The van der Waals surface area contributed by atoms with Crippen LogP contribution in [0.4, 0.5) is 0 Å². The van der Waals surface area contributed by atoms with Crippen LogP contribution in [0.15, 0.2) is 91.0 Å². The minimum absolute atomic E-state index is 0.138. The zero-order chi connectivity index (χ0) is 27.4. The molecule has 1 N–H and O–H groups in total. The third-order valence-corrected chi connectivity index (χ3v) is 8.05. The first-order valence-corrected chi connectivity index (χ1v) is 13.7. The molecule has 2 unspecified atom stereocenters. The Balaban J connectivity index is 1.36. The number of thioether (sulfide) groups is 1. The largest absolute Gasteiger partial charge is 0.459 e. The standard InChI is InChI=1S/C30H28N2O6S/c1-19(33)37-23-18-39-29-25(31-24(34)17-20-11-5-2-6-12-20)28(35)32(29)26(23)30(36)38-27(21-13-7-3-8-14-21)22-15-9-4-10-16-22/h2-16,23,25-27,29H,17-18H2,1H3,(H,31,34)/t23?,25-,26?,29+/m1/s1. The fourth-order valence-corrected chi connectivity index (χ4v) is 6.32. The lowest BCUT2D eigenvalue weighted by Gasteiger charge is -2.54. The van der Waals surface area contributed by atoms with E-state index < -0.39 is 47.5 Å². The zero-order valence-corrected chi connectivity index (χ0v) is 22.1. The van der Waals surface area contributed by atoms with E-state index in [1.807, 2.05) is 91.0 Å². The van der Waals surface area contributed by atoms with Gasteiger partial charge in [-0.1, -0.05) is 91.0 Å². The van der Waals surface area contributed by atoms with E-state index in [0.29, 0.717) is 0 Å². The van der Waals surface area contributed by atoms with Crippen molar-refractivity contribution < 1.29 is 28.7 Å². The van der Waals surface area contributed by atoms with Gasteiger partial charge in [0.05, 0.1) is 6.42 Å². The molecule has 9 heteroatoms. The van der Waals surface area contributed by atoms with Gasteiger partial charge in [-0.2, -0.15) is 0 Å². The predicted molar refractivity (Wildman–Crippen MR) is 145 cm³/mol. The first-order chi connectivity index (χ1) is 18.9. The summed E-state index contributed by atoms with van der Waals surface area (Å²) in [5, 5.41) is 2.33. The first kappa shape index (κ1) is 26.5. The van der Waals surface area contributed by atoms with Crippen molar-refractivity contribution in [2.24, 2.45) is 0 Å². The molecule has 8 nitrogen and oxygen atoms in total. The highest BCUT2D eigenvalue weighted by molar-refractivity contribution is 8.00. The van der Waals surface area contributed by atoms with Crippen LogP contribution in [0.3, 0.4) is 0 Å². The number of carbonyl (C=O) groups excluding carboxylic acids is 4. The Morgan fingerprint density at radius 1 is 0.923 bits per heavy atom. The van der Waals surface area contributed by atoms with Crippen LogP contribution in [0.1, 0.15) is 29.7 Å². The summed E-state index contributed by atoms with van der Waals surface area (Å²) in [6.07, 6.45) is -1.46. The fraction of sp³-hybridized carbons (Fsp3) is 0.267. The molecule has 0 saturated carbocycles. The maximum atomic E-state index is 13.7. The maximum absolute atomic E-state index is 13.7. The fourth-order valence-electron chi connectivity index (χ4n) is 4.91. The van der Waals surface area contributed by atoms with Gasteiger partial charge in [-0.05, 0) is 16.7 Å². The van der Waals surface area contributed by atoms with Crippen LogP contribution in [0.5, 0.6) is 0 Å². The third-order valence-electron chi connectivity index (χ3n) is 6.68. The van der Waals surface area contributed by atoms with Gasteiger partial charge < -0.3 is 19.7 Å². The molecule has 2 heterocycles. The average Bonchev–Trinajstić information content (AvgIpc) is 2.95. The van der Waals surface area contributed by atoms with Gasteiger partial charge in [0.15, 0.2) is 12.1 Å².